The predicted molar refractivity (Wildman–Crippen MR) is 184 cm³/mol. The molecule has 9 nitrogen and oxygen atoms in total. The highest BCUT2D eigenvalue weighted by Crippen LogP contribution is 2.37. The third-order valence-corrected chi connectivity index (χ3v) is 8.05. The summed E-state index contributed by atoms with van der Waals surface area (Å²) in [6.45, 7) is 9.62. The van der Waals surface area contributed by atoms with E-state index in [4.69, 9.17) is 9.72 Å². The van der Waals surface area contributed by atoms with Crippen molar-refractivity contribution in [1.82, 2.24) is 15.0 Å². The van der Waals surface area contributed by atoms with E-state index in [2.05, 4.69) is 55.7 Å². The van der Waals surface area contributed by atoms with Gasteiger partial charge in [-0.3, -0.25) is 10.1 Å². The lowest BCUT2D eigenvalue weighted by molar-refractivity contribution is 0.0635. The number of amides is 2. The second-order valence-corrected chi connectivity index (χ2v) is 13.6. The number of ether oxygens (including phenoxy) is 1. The first kappa shape index (κ1) is 31.9. The Morgan fingerprint density at radius 2 is 1.56 bits per heavy atom. The van der Waals surface area contributed by atoms with Gasteiger partial charge in [-0.05, 0) is 106 Å². The highest BCUT2D eigenvalue weighted by molar-refractivity contribution is 9.10. The standard InChI is InChI=1S/C34H33BrN6O3S/c1-20(2)27-16-15-26-30(40-27)36-19-37-31(26)41-28-18-21(32(42)38-23-9-7-22(35)8-10-23)6-17-29(28)45-25-13-11-24(12-14-25)39-33(43)44-34(3,4)5/h6-20H,1-5H3,(H,38,42)(H,39,43)(H,36,37,40,41). The Morgan fingerprint density at radius 1 is 0.867 bits per heavy atom. The zero-order valence-corrected chi connectivity index (χ0v) is 27.9. The van der Waals surface area contributed by atoms with Crippen LogP contribution in [0.1, 0.15) is 56.6 Å². The van der Waals surface area contributed by atoms with Gasteiger partial charge in [0.15, 0.2) is 5.65 Å². The van der Waals surface area contributed by atoms with Gasteiger partial charge in [-0.25, -0.2) is 19.7 Å². The minimum atomic E-state index is -0.591. The summed E-state index contributed by atoms with van der Waals surface area (Å²) in [6, 6.07) is 24.3. The van der Waals surface area contributed by atoms with Crippen molar-refractivity contribution in [3.05, 3.63) is 101 Å². The molecule has 230 valence electrons. The zero-order valence-electron chi connectivity index (χ0n) is 25.5. The Hall–Kier alpha value is -4.48. The Labute approximate surface area is 274 Å². The molecule has 5 rings (SSSR count). The minimum absolute atomic E-state index is 0.245. The fourth-order valence-corrected chi connectivity index (χ4v) is 5.40. The fourth-order valence-electron chi connectivity index (χ4n) is 4.25. The van der Waals surface area contributed by atoms with E-state index in [1.165, 1.54) is 18.1 Å². The maximum Gasteiger partial charge on any atom is 0.412 e. The zero-order chi connectivity index (χ0) is 32.1. The van der Waals surface area contributed by atoms with E-state index < -0.39 is 11.7 Å². The topological polar surface area (TPSA) is 118 Å². The first-order valence-corrected chi connectivity index (χ1v) is 15.9. The number of carbonyl (C=O) groups excluding carboxylic acids is 2. The number of nitrogens with one attached hydrogen (secondary N) is 3. The van der Waals surface area contributed by atoms with Gasteiger partial charge in [0.05, 0.1) is 11.1 Å². The highest BCUT2D eigenvalue weighted by atomic mass is 79.9. The SMILES string of the molecule is CC(C)c1ccc2c(Nc3cc(C(=O)Nc4ccc(Br)cc4)ccc3Sc3ccc(NC(=O)OC(C)(C)C)cc3)ncnc2n1. The summed E-state index contributed by atoms with van der Waals surface area (Å²) in [5.41, 5.74) is 3.40. The third kappa shape index (κ3) is 8.58. The van der Waals surface area contributed by atoms with Gasteiger partial charge in [0.2, 0.25) is 0 Å². The van der Waals surface area contributed by atoms with Crippen molar-refractivity contribution < 1.29 is 14.3 Å². The number of benzene rings is 3. The first-order chi connectivity index (χ1) is 21.4. The van der Waals surface area contributed by atoms with Gasteiger partial charge in [0.1, 0.15) is 17.7 Å². The molecule has 2 amide bonds. The number of pyridine rings is 1. The van der Waals surface area contributed by atoms with Crippen molar-refractivity contribution in [1.29, 1.82) is 0 Å². The molecule has 0 bridgehead atoms. The van der Waals surface area contributed by atoms with Gasteiger partial charge >= 0.3 is 6.09 Å². The number of anilines is 4. The molecule has 0 atom stereocenters. The van der Waals surface area contributed by atoms with Gasteiger partial charge in [-0.2, -0.15) is 0 Å². The predicted octanol–water partition coefficient (Wildman–Crippen LogP) is 9.40. The normalized spacial score (nSPS) is 11.4. The van der Waals surface area contributed by atoms with Crippen molar-refractivity contribution in [3.63, 3.8) is 0 Å². The summed E-state index contributed by atoms with van der Waals surface area (Å²) >= 11 is 4.93. The Kier molecular flexibility index (Phi) is 9.69. The van der Waals surface area contributed by atoms with E-state index in [1.807, 2.05) is 87.5 Å². The van der Waals surface area contributed by atoms with E-state index in [9.17, 15) is 9.59 Å². The van der Waals surface area contributed by atoms with Crippen LogP contribution in [0.4, 0.5) is 27.7 Å². The number of aromatic nitrogens is 3. The van der Waals surface area contributed by atoms with Crippen LogP contribution in [-0.4, -0.2) is 32.6 Å². The summed E-state index contributed by atoms with van der Waals surface area (Å²) in [7, 11) is 0. The molecule has 0 aliphatic heterocycles. The molecule has 3 aromatic carbocycles. The van der Waals surface area contributed by atoms with Gasteiger partial charge in [0, 0.05) is 36.9 Å². The van der Waals surface area contributed by atoms with Gasteiger partial charge in [-0.15, -0.1) is 0 Å². The molecule has 0 saturated heterocycles. The highest BCUT2D eigenvalue weighted by Gasteiger charge is 2.17. The summed E-state index contributed by atoms with van der Waals surface area (Å²) in [5.74, 6) is 0.590. The van der Waals surface area contributed by atoms with Crippen molar-refractivity contribution in [2.45, 2.75) is 55.9 Å². The van der Waals surface area contributed by atoms with Gasteiger partial charge in [-0.1, -0.05) is 41.5 Å². The molecular formula is C34H33BrN6O3S. The molecule has 3 N–H and O–H groups in total. The summed E-state index contributed by atoms with van der Waals surface area (Å²) in [5, 5.41) is 9.91. The Bertz CT molecular complexity index is 1840. The molecule has 0 saturated carbocycles. The number of halogens is 1. The van der Waals surface area contributed by atoms with Crippen molar-refractivity contribution >= 4 is 73.6 Å². The second kappa shape index (κ2) is 13.7. The molecule has 2 aromatic heterocycles. The molecule has 0 fully saturated rings. The monoisotopic (exact) mass is 684 g/mol. The number of carbonyl (C=O) groups is 2. The van der Waals surface area contributed by atoms with Crippen LogP contribution < -0.4 is 16.0 Å². The van der Waals surface area contributed by atoms with Crippen molar-refractivity contribution in [2.75, 3.05) is 16.0 Å². The maximum atomic E-state index is 13.3. The van der Waals surface area contributed by atoms with Gasteiger partial charge in [0.25, 0.3) is 5.91 Å². The Balaban J connectivity index is 1.44. The van der Waals surface area contributed by atoms with Crippen LogP contribution in [0.25, 0.3) is 11.0 Å². The molecule has 11 heteroatoms. The maximum absolute atomic E-state index is 13.3. The van der Waals surface area contributed by atoms with Crippen LogP contribution in [-0.2, 0) is 4.74 Å². The lowest BCUT2D eigenvalue weighted by Crippen LogP contribution is -2.27. The number of hydrogen-bond acceptors (Lipinski definition) is 8. The third-order valence-electron chi connectivity index (χ3n) is 6.43. The summed E-state index contributed by atoms with van der Waals surface area (Å²) < 4.78 is 6.27. The molecule has 0 spiro atoms. The molecular weight excluding hydrogens is 652 g/mol. The molecule has 0 aliphatic rings. The molecule has 45 heavy (non-hydrogen) atoms. The van der Waals surface area contributed by atoms with E-state index >= 15 is 0 Å². The summed E-state index contributed by atoms with van der Waals surface area (Å²) in [4.78, 5) is 40.9. The average molecular weight is 686 g/mol. The number of hydrogen-bond donors (Lipinski definition) is 3. The van der Waals surface area contributed by atoms with Gasteiger partial charge < -0.3 is 15.4 Å². The van der Waals surface area contributed by atoms with Crippen LogP contribution >= 0.6 is 27.7 Å². The van der Waals surface area contributed by atoms with E-state index in [1.54, 1.807) is 12.1 Å². The molecule has 0 radical (unpaired) electrons. The van der Waals surface area contributed by atoms with E-state index in [-0.39, 0.29) is 11.8 Å². The number of rotatable bonds is 8. The molecule has 0 aliphatic carbocycles. The van der Waals surface area contributed by atoms with Crippen LogP contribution in [0.5, 0.6) is 0 Å². The molecule has 0 unspecified atom stereocenters. The van der Waals surface area contributed by atoms with Crippen LogP contribution in [0.2, 0.25) is 0 Å². The molecule has 5 aromatic rings. The van der Waals surface area contributed by atoms with Crippen molar-refractivity contribution in [2.24, 2.45) is 0 Å². The number of fused-ring (bicyclic) bond motifs is 1. The van der Waals surface area contributed by atoms with Crippen LogP contribution in [0, 0.1) is 0 Å². The number of nitrogens with zero attached hydrogens (tertiary/aromatic N) is 3. The first-order valence-electron chi connectivity index (χ1n) is 14.3. The fraction of sp³-hybridized carbons (Fsp3) is 0.206. The van der Waals surface area contributed by atoms with Crippen LogP contribution in [0.3, 0.4) is 0 Å². The summed E-state index contributed by atoms with van der Waals surface area (Å²) in [6.07, 6.45) is 0.966. The lowest BCUT2D eigenvalue weighted by Gasteiger charge is -2.19. The largest absolute Gasteiger partial charge is 0.444 e. The molecule has 2 heterocycles. The Morgan fingerprint density at radius 3 is 2.24 bits per heavy atom. The van der Waals surface area contributed by atoms with Crippen molar-refractivity contribution in [3.8, 4) is 0 Å². The average Bonchev–Trinajstić information content (AvgIpc) is 2.99. The minimum Gasteiger partial charge on any atom is -0.444 e. The van der Waals surface area contributed by atoms with E-state index in [0.717, 1.165) is 25.3 Å². The second-order valence-electron chi connectivity index (χ2n) is 11.5. The van der Waals surface area contributed by atoms with Crippen LogP contribution in [0.15, 0.2) is 99.5 Å². The van der Waals surface area contributed by atoms with E-state index in [0.29, 0.717) is 34.1 Å². The quantitative estimate of drug-likeness (QED) is 0.148. The lowest BCUT2D eigenvalue weighted by atomic mass is 10.1. The smallest absolute Gasteiger partial charge is 0.412 e.